The number of amides is 2. The molecule has 1 aliphatic rings. The van der Waals surface area contributed by atoms with Gasteiger partial charge in [0.05, 0.1) is 6.54 Å². The lowest BCUT2D eigenvalue weighted by molar-refractivity contribution is -0.140. The minimum Gasteiger partial charge on any atom is -0.353 e. The fourth-order valence-corrected chi connectivity index (χ4v) is 2.73. The van der Waals surface area contributed by atoms with Crippen molar-refractivity contribution in [3.63, 3.8) is 0 Å². The summed E-state index contributed by atoms with van der Waals surface area (Å²) < 4.78 is 0. The smallest absolute Gasteiger partial charge is 0.242 e. The molecule has 1 aromatic heterocycles. The van der Waals surface area contributed by atoms with Crippen LogP contribution in [0.4, 0.5) is 5.82 Å². The molecule has 2 amide bonds. The van der Waals surface area contributed by atoms with E-state index in [4.69, 9.17) is 0 Å². The second-order valence-corrected chi connectivity index (χ2v) is 6.35. The molecule has 0 radical (unpaired) electrons. The molecular formula is C17H26N4O2. The zero-order valence-corrected chi connectivity index (χ0v) is 14.2. The van der Waals surface area contributed by atoms with Crippen molar-refractivity contribution >= 4 is 17.6 Å². The molecule has 1 fully saturated rings. The first-order chi connectivity index (χ1) is 11.0. The van der Waals surface area contributed by atoms with E-state index in [1.807, 2.05) is 36.9 Å². The van der Waals surface area contributed by atoms with Crippen LogP contribution in [0.15, 0.2) is 24.4 Å². The van der Waals surface area contributed by atoms with Gasteiger partial charge in [-0.3, -0.25) is 9.59 Å². The highest BCUT2D eigenvalue weighted by molar-refractivity contribution is 5.84. The lowest BCUT2D eigenvalue weighted by Crippen LogP contribution is -2.52. The van der Waals surface area contributed by atoms with Gasteiger partial charge >= 0.3 is 0 Å². The Balaban J connectivity index is 1.86. The summed E-state index contributed by atoms with van der Waals surface area (Å²) in [6, 6.07) is 5.85. The van der Waals surface area contributed by atoms with Crippen molar-refractivity contribution in [3.8, 4) is 0 Å². The standard InChI is InChI=1S/C17H26N4O2/c1-14(2)12-21(15(3)22)13-17(23)20-10-8-19(9-11-20)16-6-4-5-7-18-16/h4-7,14H,8-13H2,1-3H3. The Hall–Kier alpha value is -2.11. The second-order valence-electron chi connectivity index (χ2n) is 6.35. The van der Waals surface area contributed by atoms with E-state index in [9.17, 15) is 9.59 Å². The lowest BCUT2D eigenvalue weighted by atomic mass is 10.2. The average molecular weight is 318 g/mol. The Labute approximate surface area is 138 Å². The van der Waals surface area contributed by atoms with Crippen LogP contribution >= 0.6 is 0 Å². The minimum absolute atomic E-state index is 0.0292. The summed E-state index contributed by atoms with van der Waals surface area (Å²) >= 11 is 0. The molecule has 6 heteroatoms. The first-order valence-corrected chi connectivity index (χ1v) is 8.16. The fraction of sp³-hybridized carbons (Fsp3) is 0.588. The van der Waals surface area contributed by atoms with Crippen molar-refractivity contribution in [1.29, 1.82) is 0 Å². The molecule has 126 valence electrons. The van der Waals surface area contributed by atoms with Gasteiger partial charge in [0.1, 0.15) is 5.82 Å². The van der Waals surface area contributed by atoms with E-state index in [2.05, 4.69) is 9.88 Å². The Morgan fingerprint density at radius 1 is 1.22 bits per heavy atom. The minimum atomic E-state index is -0.0424. The maximum Gasteiger partial charge on any atom is 0.242 e. The van der Waals surface area contributed by atoms with Gasteiger partial charge in [-0.25, -0.2) is 4.98 Å². The quantitative estimate of drug-likeness (QED) is 0.819. The summed E-state index contributed by atoms with van der Waals surface area (Å²) in [6.07, 6.45) is 1.78. The third-order valence-corrected chi connectivity index (χ3v) is 3.96. The summed E-state index contributed by atoms with van der Waals surface area (Å²) in [5.74, 6) is 1.29. The number of anilines is 1. The predicted octanol–water partition coefficient (Wildman–Crippen LogP) is 1.23. The van der Waals surface area contributed by atoms with Gasteiger partial charge in [-0.05, 0) is 18.1 Å². The Morgan fingerprint density at radius 2 is 1.91 bits per heavy atom. The van der Waals surface area contributed by atoms with Crippen molar-refractivity contribution < 1.29 is 9.59 Å². The van der Waals surface area contributed by atoms with Crippen LogP contribution in [0, 0.1) is 5.92 Å². The maximum atomic E-state index is 12.4. The Morgan fingerprint density at radius 3 is 2.43 bits per heavy atom. The molecule has 0 unspecified atom stereocenters. The molecule has 0 spiro atoms. The predicted molar refractivity (Wildman–Crippen MR) is 90.1 cm³/mol. The Kier molecular flexibility index (Phi) is 5.96. The average Bonchev–Trinajstić information content (AvgIpc) is 2.54. The SMILES string of the molecule is CC(=O)N(CC(=O)N1CCN(c2ccccn2)CC1)CC(C)C. The first kappa shape index (κ1) is 17.2. The number of hydrogen-bond acceptors (Lipinski definition) is 4. The van der Waals surface area contributed by atoms with Gasteiger partial charge in [-0.2, -0.15) is 0 Å². The van der Waals surface area contributed by atoms with Crippen LogP contribution in [0.5, 0.6) is 0 Å². The topological polar surface area (TPSA) is 56.8 Å². The van der Waals surface area contributed by atoms with Gasteiger partial charge in [0.2, 0.25) is 11.8 Å². The van der Waals surface area contributed by atoms with Crippen molar-refractivity contribution in [3.05, 3.63) is 24.4 Å². The van der Waals surface area contributed by atoms with E-state index in [0.29, 0.717) is 25.6 Å². The monoisotopic (exact) mass is 318 g/mol. The molecule has 1 saturated heterocycles. The van der Waals surface area contributed by atoms with E-state index in [-0.39, 0.29) is 18.4 Å². The van der Waals surface area contributed by atoms with E-state index in [1.54, 1.807) is 11.1 Å². The first-order valence-electron chi connectivity index (χ1n) is 8.16. The molecule has 0 N–H and O–H groups in total. The second kappa shape index (κ2) is 7.94. The molecule has 1 aliphatic heterocycles. The van der Waals surface area contributed by atoms with Gasteiger partial charge < -0.3 is 14.7 Å². The molecule has 0 bridgehead atoms. The van der Waals surface area contributed by atoms with Gasteiger partial charge in [-0.15, -0.1) is 0 Å². The van der Waals surface area contributed by atoms with Crippen molar-refractivity contribution in [2.45, 2.75) is 20.8 Å². The van der Waals surface area contributed by atoms with Crippen LogP contribution in [0.3, 0.4) is 0 Å². The van der Waals surface area contributed by atoms with Gasteiger partial charge in [0.15, 0.2) is 0 Å². The zero-order chi connectivity index (χ0) is 16.8. The van der Waals surface area contributed by atoms with Crippen LogP contribution in [0.2, 0.25) is 0 Å². The number of rotatable bonds is 5. The lowest BCUT2D eigenvalue weighted by Gasteiger charge is -2.36. The van der Waals surface area contributed by atoms with E-state index in [1.165, 1.54) is 6.92 Å². The largest absolute Gasteiger partial charge is 0.353 e. The number of pyridine rings is 1. The zero-order valence-electron chi connectivity index (χ0n) is 14.2. The summed E-state index contributed by atoms with van der Waals surface area (Å²) in [5, 5.41) is 0. The molecular weight excluding hydrogens is 292 g/mol. The highest BCUT2D eigenvalue weighted by Crippen LogP contribution is 2.13. The highest BCUT2D eigenvalue weighted by atomic mass is 16.2. The molecule has 2 rings (SSSR count). The molecule has 0 aliphatic carbocycles. The molecule has 0 atom stereocenters. The van der Waals surface area contributed by atoms with Crippen LogP contribution in [0.1, 0.15) is 20.8 Å². The van der Waals surface area contributed by atoms with Crippen LogP contribution < -0.4 is 4.90 Å². The molecule has 23 heavy (non-hydrogen) atoms. The number of aromatic nitrogens is 1. The van der Waals surface area contributed by atoms with Crippen LogP contribution in [-0.4, -0.2) is 65.9 Å². The van der Waals surface area contributed by atoms with Gasteiger partial charge in [0.25, 0.3) is 0 Å². The normalized spacial score (nSPS) is 15.0. The Bertz CT molecular complexity index is 525. The number of carbonyl (C=O) groups is 2. The van der Waals surface area contributed by atoms with Crippen molar-refractivity contribution in [2.75, 3.05) is 44.2 Å². The molecule has 6 nitrogen and oxygen atoms in total. The molecule has 1 aromatic rings. The van der Waals surface area contributed by atoms with Gasteiger partial charge in [-0.1, -0.05) is 19.9 Å². The van der Waals surface area contributed by atoms with Gasteiger partial charge in [0, 0.05) is 45.8 Å². The number of carbonyl (C=O) groups excluding carboxylic acids is 2. The summed E-state index contributed by atoms with van der Waals surface area (Å²) in [5.41, 5.74) is 0. The molecule has 0 saturated carbocycles. The van der Waals surface area contributed by atoms with Crippen LogP contribution in [0.25, 0.3) is 0 Å². The van der Waals surface area contributed by atoms with Crippen molar-refractivity contribution in [1.82, 2.24) is 14.8 Å². The summed E-state index contributed by atoms with van der Waals surface area (Å²) in [7, 11) is 0. The number of hydrogen-bond donors (Lipinski definition) is 0. The number of piperazine rings is 1. The van der Waals surface area contributed by atoms with Crippen LogP contribution in [-0.2, 0) is 9.59 Å². The summed E-state index contributed by atoms with van der Waals surface area (Å²) in [6.45, 7) is 9.30. The van der Waals surface area contributed by atoms with E-state index >= 15 is 0 Å². The molecule has 0 aromatic carbocycles. The maximum absolute atomic E-state index is 12.4. The molecule has 2 heterocycles. The highest BCUT2D eigenvalue weighted by Gasteiger charge is 2.24. The third kappa shape index (κ3) is 4.94. The van der Waals surface area contributed by atoms with Crippen molar-refractivity contribution in [2.24, 2.45) is 5.92 Å². The summed E-state index contributed by atoms with van der Waals surface area (Å²) in [4.78, 5) is 34.1. The fourth-order valence-electron chi connectivity index (χ4n) is 2.73. The van der Waals surface area contributed by atoms with E-state index < -0.39 is 0 Å². The third-order valence-electron chi connectivity index (χ3n) is 3.96. The number of nitrogens with zero attached hydrogens (tertiary/aromatic N) is 4. The van der Waals surface area contributed by atoms with E-state index in [0.717, 1.165) is 18.9 Å².